The van der Waals surface area contributed by atoms with E-state index in [0.717, 1.165) is 0 Å². The molecule has 0 aliphatic rings. The monoisotopic (exact) mass is 380 g/mol. The molecule has 0 radical (unpaired) electrons. The second kappa shape index (κ2) is 6.42. The maximum atomic E-state index is 14.2. The van der Waals surface area contributed by atoms with E-state index in [4.69, 9.17) is 5.73 Å². The van der Waals surface area contributed by atoms with Gasteiger partial charge in [0.1, 0.15) is 22.7 Å². The smallest absolute Gasteiger partial charge is 0.222 e. The molecule has 1 unspecified atom stereocenters. The van der Waals surface area contributed by atoms with Crippen molar-refractivity contribution in [1.82, 2.24) is 24.5 Å². The number of aliphatic hydroxyl groups is 1. The fourth-order valence-electron chi connectivity index (χ4n) is 2.49. The first-order valence-electron chi connectivity index (χ1n) is 7.85. The van der Waals surface area contributed by atoms with Gasteiger partial charge in [0.15, 0.2) is 11.2 Å². The van der Waals surface area contributed by atoms with Gasteiger partial charge >= 0.3 is 0 Å². The lowest BCUT2D eigenvalue weighted by molar-refractivity contribution is 0.122. The number of anilines is 1. The lowest BCUT2D eigenvalue weighted by Crippen LogP contribution is -2.18. The third-order valence-electron chi connectivity index (χ3n) is 3.84. The average molecular weight is 380 g/mol. The Hall–Kier alpha value is -3.35. The molecular weight excluding hydrogens is 367 g/mol. The van der Waals surface area contributed by atoms with E-state index in [1.165, 1.54) is 24.3 Å². The van der Waals surface area contributed by atoms with Crippen molar-refractivity contribution in [2.45, 2.75) is 12.5 Å². The van der Waals surface area contributed by atoms with E-state index in [1.807, 2.05) is 0 Å². The first-order valence-corrected chi connectivity index (χ1v) is 8.73. The second-order valence-electron chi connectivity index (χ2n) is 5.88. The Bertz CT molecular complexity index is 1190. The van der Waals surface area contributed by atoms with Crippen LogP contribution in [0.3, 0.4) is 0 Å². The quantitative estimate of drug-likeness (QED) is 0.517. The fraction of sp³-hybridized carbons (Fsp3) is 0.111. The Labute approximate surface area is 157 Å². The number of benzene rings is 1. The van der Waals surface area contributed by atoms with Crippen molar-refractivity contribution < 1.29 is 9.50 Å². The highest BCUT2D eigenvalue weighted by molar-refractivity contribution is 7.09. The van der Waals surface area contributed by atoms with Crippen LogP contribution in [0.4, 0.5) is 10.3 Å². The molecule has 0 saturated carbocycles. The highest BCUT2D eigenvalue weighted by Crippen LogP contribution is 2.23. The van der Waals surface area contributed by atoms with Gasteiger partial charge in [-0.1, -0.05) is 11.8 Å². The Kier molecular flexibility index (Phi) is 4.07. The third kappa shape index (κ3) is 3.23. The van der Waals surface area contributed by atoms with Crippen LogP contribution in [0.15, 0.2) is 42.3 Å². The Morgan fingerprint density at radius 3 is 2.93 bits per heavy atom. The van der Waals surface area contributed by atoms with Crippen molar-refractivity contribution >= 4 is 28.4 Å². The summed E-state index contributed by atoms with van der Waals surface area (Å²) in [5, 5.41) is 12.6. The first-order chi connectivity index (χ1) is 12.9. The van der Waals surface area contributed by atoms with E-state index in [-0.39, 0.29) is 11.5 Å². The minimum Gasteiger partial charge on any atom is -0.371 e. The summed E-state index contributed by atoms with van der Waals surface area (Å²) in [6, 6.07) is 4.47. The molecule has 1 aromatic carbocycles. The van der Waals surface area contributed by atoms with Crippen LogP contribution >= 0.6 is 11.3 Å². The van der Waals surface area contributed by atoms with Crippen molar-refractivity contribution in [2.75, 3.05) is 5.73 Å². The summed E-state index contributed by atoms with van der Waals surface area (Å²) in [7, 11) is 0. The molecular formula is C18H13FN6OS. The van der Waals surface area contributed by atoms with Crippen molar-refractivity contribution in [3.63, 3.8) is 0 Å². The van der Waals surface area contributed by atoms with Gasteiger partial charge in [0, 0.05) is 17.3 Å². The zero-order valence-corrected chi connectivity index (χ0v) is 14.9. The summed E-state index contributed by atoms with van der Waals surface area (Å²) in [6.07, 6.45) is 4.68. The molecule has 3 N–H and O–H groups in total. The van der Waals surface area contributed by atoms with E-state index >= 15 is 0 Å². The van der Waals surface area contributed by atoms with Crippen molar-refractivity contribution in [3.05, 3.63) is 58.7 Å². The highest BCUT2D eigenvalue weighted by atomic mass is 32.1. The molecule has 4 aromatic rings. The number of rotatable bonds is 2. The molecule has 0 spiro atoms. The lowest BCUT2D eigenvalue weighted by Gasteiger charge is -2.12. The number of imidazole rings is 1. The van der Waals surface area contributed by atoms with Crippen molar-refractivity contribution in [2.24, 2.45) is 0 Å². The highest BCUT2D eigenvalue weighted by Gasteiger charge is 2.23. The molecule has 1 atom stereocenters. The summed E-state index contributed by atoms with van der Waals surface area (Å²) in [6.45, 7) is 1.52. The number of hydrogen-bond donors (Lipinski definition) is 2. The molecule has 0 bridgehead atoms. The standard InChI is InChI=1S/C18H13FN6OS/c1-18(26,16-21-6-7-27-16)5-4-11-8-12(2-3-13(11)19)25-10-23-15-14(25)9-22-17(20)24-15/h2-3,6-10,26H,1H3,(H2,20,22,24). The molecule has 0 saturated heterocycles. The van der Waals surface area contributed by atoms with E-state index in [1.54, 1.807) is 40.8 Å². The largest absolute Gasteiger partial charge is 0.371 e. The molecule has 27 heavy (non-hydrogen) atoms. The van der Waals surface area contributed by atoms with Crippen LogP contribution < -0.4 is 5.73 Å². The SMILES string of the molecule is CC(O)(C#Cc1cc(-n2cnc3nc(N)ncc32)ccc1F)c1nccs1. The summed E-state index contributed by atoms with van der Waals surface area (Å²) in [5.41, 5.74) is 5.94. The zero-order valence-electron chi connectivity index (χ0n) is 14.1. The van der Waals surface area contributed by atoms with Crippen LogP contribution in [0, 0.1) is 17.7 Å². The molecule has 7 nitrogen and oxygen atoms in total. The summed E-state index contributed by atoms with van der Waals surface area (Å²) in [4.78, 5) is 16.3. The van der Waals surface area contributed by atoms with E-state index in [2.05, 4.69) is 31.8 Å². The molecule has 0 aliphatic heterocycles. The first kappa shape index (κ1) is 17.1. The predicted molar refractivity (Wildman–Crippen MR) is 99.6 cm³/mol. The van der Waals surface area contributed by atoms with Gasteiger partial charge in [-0.25, -0.2) is 19.3 Å². The number of thiazole rings is 1. The van der Waals surface area contributed by atoms with Crippen molar-refractivity contribution in [1.29, 1.82) is 0 Å². The van der Waals surface area contributed by atoms with Gasteiger partial charge < -0.3 is 10.8 Å². The molecule has 0 amide bonds. The topological polar surface area (TPSA) is 103 Å². The van der Waals surface area contributed by atoms with E-state index in [0.29, 0.717) is 21.9 Å². The predicted octanol–water partition coefficient (Wildman–Crippen LogP) is 2.25. The van der Waals surface area contributed by atoms with Crippen LogP contribution in [0.25, 0.3) is 16.9 Å². The number of nitrogen functional groups attached to an aromatic ring is 1. The molecule has 3 heterocycles. The molecule has 0 aliphatic carbocycles. The average Bonchev–Trinajstić information content (AvgIpc) is 3.31. The van der Waals surface area contributed by atoms with Gasteiger partial charge in [0.05, 0.1) is 11.8 Å². The van der Waals surface area contributed by atoms with Crippen LogP contribution in [0.1, 0.15) is 17.5 Å². The molecule has 0 fully saturated rings. The van der Waals surface area contributed by atoms with Crippen molar-refractivity contribution in [3.8, 4) is 17.5 Å². The molecule has 134 valence electrons. The van der Waals surface area contributed by atoms with Crippen LogP contribution in [-0.4, -0.2) is 29.6 Å². The number of halogens is 1. The summed E-state index contributed by atoms with van der Waals surface area (Å²) in [5.74, 6) is 5.02. The molecule has 4 rings (SSSR count). The number of hydrogen-bond acceptors (Lipinski definition) is 7. The van der Waals surface area contributed by atoms with Gasteiger partial charge in [0.25, 0.3) is 0 Å². The minimum absolute atomic E-state index is 0.128. The Morgan fingerprint density at radius 1 is 1.30 bits per heavy atom. The maximum absolute atomic E-state index is 14.2. The number of nitrogens with zero attached hydrogens (tertiary/aromatic N) is 5. The fourth-order valence-corrected chi connectivity index (χ4v) is 3.14. The Balaban J connectivity index is 1.75. The zero-order chi connectivity index (χ0) is 19.0. The maximum Gasteiger partial charge on any atom is 0.222 e. The van der Waals surface area contributed by atoms with Crippen LogP contribution in [0.5, 0.6) is 0 Å². The van der Waals surface area contributed by atoms with Gasteiger partial charge in [-0.15, -0.1) is 11.3 Å². The van der Waals surface area contributed by atoms with Gasteiger partial charge in [-0.2, -0.15) is 4.98 Å². The lowest BCUT2D eigenvalue weighted by atomic mass is 10.1. The second-order valence-corrected chi connectivity index (χ2v) is 6.77. The summed E-state index contributed by atoms with van der Waals surface area (Å²) < 4.78 is 15.9. The third-order valence-corrected chi connectivity index (χ3v) is 4.83. The molecule has 9 heteroatoms. The van der Waals surface area contributed by atoms with Gasteiger partial charge in [-0.05, 0) is 25.1 Å². The normalized spacial score (nSPS) is 13.1. The minimum atomic E-state index is -1.47. The van der Waals surface area contributed by atoms with E-state index < -0.39 is 11.4 Å². The van der Waals surface area contributed by atoms with E-state index in [9.17, 15) is 9.50 Å². The number of aromatic nitrogens is 5. The van der Waals surface area contributed by atoms with Gasteiger partial charge in [0.2, 0.25) is 5.95 Å². The number of nitrogens with two attached hydrogens (primary N) is 1. The van der Waals surface area contributed by atoms with Gasteiger partial charge in [-0.3, -0.25) is 4.57 Å². The Morgan fingerprint density at radius 2 is 2.15 bits per heavy atom. The molecule has 3 aromatic heterocycles. The van der Waals surface area contributed by atoms with Crippen LogP contribution in [-0.2, 0) is 5.60 Å². The summed E-state index contributed by atoms with van der Waals surface area (Å²) >= 11 is 1.28. The van der Waals surface area contributed by atoms with Crippen LogP contribution in [0.2, 0.25) is 0 Å². The number of fused-ring (bicyclic) bond motifs is 1.